The van der Waals surface area contributed by atoms with E-state index in [1.807, 2.05) is 30.3 Å². The molecule has 2 aromatic carbocycles. The zero-order valence-corrected chi connectivity index (χ0v) is 20.5. The number of hydrogen-bond acceptors (Lipinski definition) is 6. The number of fused-ring (bicyclic) bond motifs is 4. The van der Waals surface area contributed by atoms with Crippen LogP contribution in [0.4, 0.5) is 0 Å². The van der Waals surface area contributed by atoms with E-state index in [-0.39, 0.29) is 23.7 Å². The number of likely N-dealkylation sites (tertiary alicyclic amines) is 1. The Morgan fingerprint density at radius 1 is 1.28 bits per heavy atom. The standard InChI is InChI=1S/C28H30N4O4/c1-30-26(34)24(6-3-13-33)32-17-22-21(27(32)35)7-8-23-25(22)36-18-28(23)9-11-31(12-10-28)16-20-5-2-4-19(14-20)15-29/h2,4-5,7-8,13-14,24H,3,6,9-12,16-18H2,1H3,(H,30,34). The molecule has 1 atom stereocenters. The number of amides is 2. The number of carbonyl (C=O) groups is 3. The van der Waals surface area contributed by atoms with Crippen molar-refractivity contribution in [2.45, 2.75) is 50.2 Å². The van der Waals surface area contributed by atoms with E-state index in [0.29, 0.717) is 30.7 Å². The highest BCUT2D eigenvalue weighted by atomic mass is 16.5. The Morgan fingerprint density at radius 3 is 2.81 bits per heavy atom. The molecule has 8 nitrogen and oxygen atoms in total. The number of nitriles is 1. The molecule has 8 heteroatoms. The number of aldehydes is 1. The van der Waals surface area contributed by atoms with Gasteiger partial charge in [0.25, 0.3) is 5.91 Å². The summed E-state index contributed by atoms with van der Waals surface area (Å²) in [6.07, 6.45) is 3.19. The summed E-state index contributed by atoms with van der Waals surface area (Å²) in [7, 11) is 1.54. The van der Waals surface area contributed by atoms with Gasteiger partial charge in [-0.05, 0) is 56.1 Å². The van der Waals surface area contributed by atoms with Crippen molar-refractivity contribution in [3.05, 3.63) is 64.2 Å². The van der Waals surface area contributed by atoms with Crippen LogP contribution in [0.25, 0.3) is 0 Å². The van der Waals surface area contributed by atoms with Gasteiger partial charge in [0.1, 0.15) is 18.1 Å². The Hall–Kier alpha value is -3.70. The molecule has 3 aliphatic rings. The van der Waals surface area contributed by atoms with Crippen molar-refractivity contribution in [1.29, 1.82) is 5.26 Å². The van der Waals surface area contributed by atoms with Crippen molar-refractivity contribution >= 4 is 18.1 Å². The average molecular weight is 487 g/mol. The summed E-state index contributed by atoms with van der Waals surface area (Å²) in [5.41, 5.74) is 4.34. The summed E-state index contributed by atoms with van der Waals surface area (Å²) in [4.78, 5) is 40.7. The minimum absolute atomic E-state index is 0.0798. The highest BCUT2D eigenvalue weighted by Gasteiger charge is 2.47. The van der Waals surface area contributed by atoms with E-state index in [1.165, 1.54) is 0 Å². The van der Waals surface area contributed by atoms with Crippen molar-refractivity contribution in [3.63, 3.8) is 0 Å². The molecule has 0 bridgehead atoms. The van der Waals surface area contributed by atoms with Gasteiger partial charge in [0.05, 0.1) is 24.8 Å². The lowest BCUT2D eigenvalue weighted by molar-refractivity contribution is -0.125. The fourth-order valence-corrected chi connectivity index (χ4v) is 5.88. The van der Waals surface area contributed by atoms with Gasteiger partial charge >= 0.3 is 0 Å². The summed E-state index contributed by atoms with van der Waals surface area (Å²) < 4.78 is 6.27. The molecular formula is C28H30N4O4. The number of likely N-dealkylation sites (N-methyl/N-ethyl adjacent to an activating group) is 1. The third-order valence-corrected chi connectivity index (χ3v) is 7.90. The van der Waals surface area contributed by atoms with E-state index < -0.39 is 6.04 Å². The molecule has 2 amide bonds. The van der Waals surface area contributed by atoms with Crippen molar-refractivity contribution in [2.75, 3.05) is 26.7 Å². The lowest BCUT2D eigenvalue weighted by atomic mass is 9.74. The SMILES string of the molecule is CNC(=O)C(CCC=O)N1Cc2c(ccc3c2OCC32CCN(Cc3cccc(C#N)c3)CC2)C1=O. The van der Waals surface area contributed by atoms with Gasteiger partial charge in [-0.3, -0.25) is 14.5 Å². The Bertz CT molecular complexity index is 1240. The van der Waals surface area contributed by atoms with Crippen LogP contribution in [0.15, 0.2) is 36.4 Å². The summed E-state index contributed by atoms with van der Waals surface area (Å²) in [6, 6.07) is 13.2. The first-order valence-electron chi connectivity index (χ1n) is 12.5. The summed E-state index contributed by atoms with van der Waals surface area (Å²) in [5, 5.41) is 11.8. The van der Waals surface area contributed by atoms with Crippen LogP contribution in [-0.4, -0.2) is 60.7 Å². The molecule has 36 heavy (non-hydrogen) atoms. The average Bonchev–Trinajstić information content (AvgIpc) is 3.43. The third kappa shape index (κ3) is 4.14. The predicted molar refractivity (Wildman–Crippen MR) is 132 cm³/mol. The minimum Gasteiger partial charge on any atom is -0.492 e. The molecule has 0 aliphatic carbocycles. The molecule has 1 fully saturated rings. The maximum absolute atomic E-state index is 13.2. The molecular weight excluding hydrogens is 456 g/mol. The fourth-order valence-electron chi connectivity index (χ4n) is 5.88. The Balaban J connectivity index is 1.33. The first-order chi connectivity index (χ1) is 17.5. The van der Waals surface area contributed by atoms with Crippen molar-refractivity contribution < 1.29 is 19.1 Å². The maximum Gasteiger partial charge on any atom is 0.255 e. The van der Waals surface area contributed by atoms with Crippen LogP contribution in [-0.2, 0) is 28.1 Å². The number of rotatable bonds is 7. The van der Waals surface area contributed by atoms with Gasteiger partial charge in [-0.2, -0.15) is 5.26 Å². The molecule has 0 radical (unpaired) electrons. The van der Waals surface area contributed by atoms with Gasteiger partial charge in [-0.15, -0.1) is 0 Å². The fraction of sp³-hybridized carbons (Fsp3) is 0.429. The molecule has 0 aromatic heterocycles. The van der Waals surface area contributed by atoms with Gasteiger partial charge < -0.3 is 19.7 Å². The molecule has 1 unspecified atom stereocenters. The monoisotopic (exact) mass is 486 g/mol. The van der Waals surface area contributed by atoms with Crippen molar-refractivity contribution in [3.8, 4) is 11.8 Å². The normalized spacial score (nSPS) is 18.8. The lowest BCUT2D eigenvalue weighted by Gasteiger charge is -2.38. The Kier molecular flexibility index (Phi) is 6.50. The van der Waals surface area contributed by atoms with Crippen LogP contribution in [0.1, 0.15) is 58.3 Å². The molecule has 1 N–H and O–H groups in total. The van der Waals surface area contributed by atoms with E-state index in [1.54, 1.807) is 11.9 Å². The number of carbonyl (C=O) groups excluding carboxylic acids is 3. The second-order valence-corrected chi connectivity index (χ2v) is 9.93. The number of hydrogen-bond donors (Lipinski definition) is 1. The second-order valence-electron chi connectivity index (χ2n) is 9.93. The van der Waals surface area contributed by atoms with E-state index in [9.17, 15) is 19.6 Å². The van der Waals surface area contributed by atoms with E-state index in [4.69, 9.17) is 4.74 Å². The van der Waals surface area contributed by atoms with Crippen LogP contribution < -0.4 is 10.1 Å². The maximum atomic E-state index is 13.2. The van der Waals surface area contributed by atoms with Gasteiger partial charge in [0, 0.05) is 42.1 Å². The Labute approximate surface area is 210 Å². The van der Waals surface area contributed by atoms with Crippen LogP contribution in [0.3, 0.4) is 0 Å². The highest BCUT2D eigenvalue weighted by molar-refractivity contribution is 6.02. The quantitative estimate of drug-likeness (QED) is 0.604. The number of nitrogens with one attached hydrogen (secondary N) is 1. The van der Waals surface area contributed by atoms with Crippen LogP contribution in [0.2, 0.25) is 0 Å². The predicted octanol–water partition coefficient (Wildman–Crippen LogP) is 2.53. The molecule has 3 heterocycles. The molecule has 0 saturated carbocycles. The van der Waals surface area contributed by atoms with Crippen molar-refractivity contribution in [2.24, 2.45) is 0 Å². The first-order valence-corrected chi connectivity index (χ1v) is 12.5. The smallest absolute Gasteiger partial charge is 0.255 e. The molecule has 186 valence electrons. The molecule has 1 spiro atoms. The number of ether oxygens (including phenoxy) is 1. The van der Waals surface area contributed by atoms with Gasteiger partial charge in [-0.1, -0.05) is 18.2 Å². The minimum atomic E-state index is -0.686. The van der Waals surface area contributed by atoms with E-state index in [2.05, 4.69) is 22.4 Å². The molecule has 3 aliphatic heterocycles. The van der Waals surface area contributed by atoms with E-state index in [0.717, 1.165) is 61.2 Å². The molecule has 5 rings (SSSR count). The Morgan fingerprint density at radius 2 is 2.08 bits per heavy atom. The summed E-state index contributed by atoms with van der Waals surface area (Å²) >= 11 is 0. The zero-order valence-electron chi connectivity index (χ0n) is 20.5. The summed E-state index contributed by atoms with van der Waals surface area (Å²) in [6.45, 7) is 3.56. The van der Waals surface area contributed by atoms with Gasteiger partial charge in [0.15, 0.2) is 0 Å². The summed E-state index contributed by atoms with van der Waals surface area (Å²) in [5.74, 6) is 0.343. The number of benzene rings is 2. The third-order valence-electron chi connectivity index (χ3n) is 7.90. The number of nitrogens with zero attached hydrogens (tertiary/aromatic N) is 3. The van der Waals surface area contributed by atoms with Crippen LogP contribution in [0, 0.1) is 11.3 Å². The zero-order chi connectivity index (χ0) is 25.3. The largest absolute Gasteiger partial charge is 0.492 e. The topological polar surface area (TPSA) is 103 Å². The lowest BCUT2D eigenvalue weighted by Crippen LogP contribution is -2.46. The highest BCUT2D eigenvalue weighted by Crippen LogP contribution is 2.49. The number of piperidine rings is 1. The first kappa shape index (κ1) is 24.0. The van der Waals surface area contributed by atoms with Gasteiger partial charge in [0.2, 0.25) is 5.91 Å². The van der Waals surface area contributed by atoms with Crippen LogP contribution >= 0.6 is 0 Å². The van der Waals surface area contributed by atoms with Crippen molar-refractivity contribution in [1.82, 2.24) is 15.1 Å². The molecule has 1 saturated heterocycles. The second kappa shape index (κ2) is 9.75. The molecule has 2 aromatic rings. The van der Waals surface area contributed by atoms with Crippen LogP contribution in [0.5, 0.6) is 5.75 Å². The van der Waals surface area contributed by atoms with Gasteiger partial charge in [-0.25, -0.2) is 0 Å². The van der Waals surface area contributed by atoms with E-state index >= 15 is 0 Å².